The highest BCUT2D eigenvalue weighted by atomic mass is 32.2. The van der Waals surface area contributed by atoms with Crippen molar-refractivity contribution in [2.45, 2.75) is 56.8 Å². The van der Waals surface area contributed by atoms with Crippen LogP contribution >= 0.6 is 0 Å². The number of aliphatic hydroxyl groups is 1. The van der Waals surface area contributed by atoms with Crippen LogP contribution in [0.1, 0.15) is 38.5 Å². The molecule has 1 atom stereocenters. The van der Waals surface area contributed by atoms with Crippen LogP contribution in [0.5, 0.6) is 0 Å². The molecule has 7 heteroatoms. The van der Waals surface area contributed by atoms with Crippen LogP contribution in [0.15, 0.2) is 0 Å². The molecule has 1 heterocycles. The van der Waals surface area contributed by atoms with Gasteiger partial charge >= 0.3 is 0 Å². The van der Waals surface area contributed by atoms with Gasteiger partial charge in [0.1, 0.15) is 0 Å². The first-order chi connectivity index (χ1) is 9.95. The standard InChI is InChI=1S/C14H28N2O4S/c1-21(18,19)16-8-6-12(7-9-16)15-10-13(17)11-20-14-4-2-3-5-14/h12-15,17H,2-11H2,1H3. The highest BCUT2D eigenvalue weighted by molar-refractivity contribution is 7.88. The Hall–Kier alpha value is -0.210. The SMILES string of the molecule is CS(=O)(=O)N1CCC(NCC(O)COC2CCCC2)CC1. The number of aliphatic hydroxyl groups excluding tert-OH is 1. The molecule has 2 aliphatic rings. The summed E-state index contributed by atoms with van der Waals surface area (Å²) in [6.07, 6.45) is 7.39. The summed E-state index contributed by atoms with van der Waals surface area (Å²) in [5, 5.41) is 13.2. The first kappa shape index (κ1) is 17.1. The van der Waals surface area contributed by atoms with Gasteiger partial charge in [-0.3, -0.25) is 0 Å². The minimum Gasteiger partial charge on any atom is -0.389 e. The maximum Gasteiger partial charge on any atom is 0.211 e. The van der Waals surface area contributed by atoms with Crippen molar-refractivity contribution in [1.82, 2.24) is 9.62 Å². The molecular weight excluding hydrogens is 292 g/mol. The summed E-state index contributed by atoms with van der Waals surface area (Å²) in [5.41, 5.74) is 0. The van der Waals surface area contributed by atoms with Gasteiger partial charge in [0.2, 0.25) is 10.0 Å². The quantitative estimate of drug-likeness (QED) is 0.706. The highest BCUT2D eigenvalue weighted by Gasteiger charge is 2.25. The van der Waals surface area contributed by atoms with Gasteiger partial charge in [-0.05, 0) is 25.7 Å². The Bertz CT molecular complexity index is 401. The van der Waals surface area contributed by atoms with Crippen molar-refractivity contribution < 1.29 is 18.3 Å². The van der Waals surface area contributed by atoms with E-state index in [9.17, 15) is 13.5 Å². The van der Waals surface area contributed by atoms with E-state index in [1.807, 2.05) is 0 Å². The van der Waals surface area contributed by atoms with Gasteiger partial charge in [0.15, 0.2) is 0 Å². The Kier molecular flexibility index (Phi) is 6.43. The zero-order valence-corrected chi connectivity index (χ0v) is 13.6. The molecule has 0 amide bonds. The third-order valence-electron chi connectivity index (χ3n) is 4.39. The van der Waals surface area contributed by atoms with Gasteiger partial charge < -0.3 is 15.2 Å². The molecular formula is C14H28N2O4S. The minimum absolute atomic E-state index is 0.282. The second-order valence-corrected chi connectivity index (χ2v) is 8.22. The largest absolute Gasteiger partial charge is 0.389 e. The fraction of sp³-hybridized carbons (Fsp3) is 1.00. The number of sulfonamides is 1. The molecule has 1 aliphatic heterocycles. The molecule has 1 saturated carbocycles. The molecule has 0 aromatic carbocycles. The number of hydrogen-bond acceptors (Lipinski definition) is 5. The Morgan fingerprint density at radius 1 is 1.24 bits per heavy atom. The summed E-state index contributed by atoms with van der Waals surface area (Å²) >= 11 is 0. The minimum atomic E-state index is -3.06. The molecule has 124 valence electrons. The Labute approximate surface area is 127 Å². The number of hydrogen-bond donors (Lipinski definition) is 2. The Morgan fingerprint density at radius 2 is 1.86 bits per heavy atom. The first-order valence-corrected chi connectivity index (χ1v) is 9.78. The molecule has 0 spiro atoms. The van der Waals surface area contributed by atoms with Crippen LogP contribution in [-0.2, 0) is 14.8 Å². The predicted octanol–water partition coefficient (Wildman–Crippen LogP) is 0.320. The lowest BCUT2D eigenvalue weighted by Crippen LogP contribution is -2.46. The van der Waals surface area contributed by atoms with Gasteiger partial charge in [0.25, 0.3) is 0 Å². The van der Waals surface area contributed by atoms with Crippen LogP contribution in [-0.4, -0.2) is 68.6 Å². The van der Waals surface area contributed by atoms with E-state index in [4.69, 9.17) is 4.74 Å². The van der Waals surface area contributed by atoms with E-state index < -0.39 is 16.1 Å². The second kappa shape index (κ2) is 7.87. The van der Waals surface area contributed by atoms with E-state index >= 15 is 0 Å². The molecule has 2 rings (SSSR count). The van der Waals surface area contributed by atoms with Gasteiger partial charge in [0.05, 0.1) is 25.1 Å². The molecule has 2 fully saturated rings. The molecule has 0 bridgehead atoms. The number of ether oxygens (including phenoxy) is 1. The average molecular weight is 320 g/mol. The van der Waals surface area contributed by atoms with Crippen molar-refractivity contribution >= 4 is 10.0 Å². The van der Waals surface area contributed by atoms with Crippen LogP contribution < -0.4 is 5.32 Å². The summed E-state index contributed by atoms with van der Waals surface area (Å²) in [6.45, 7) is 2.02. The fourth-order valence-electron chi connectivity index (χ4n) is 3.06. The smallest absolute Gasteiger partial charge is 0.211 e. The van der Waals surface area contributed by atoms with E-state index in [1.165, 1.54) is 23.4 Å². The lowest BCUT2D eigenvalue weighted by atomic mass is 10.1. The van der Waals surface area contributed by atoms with Gasteiger partial charge in [-0.25, -0.2) is 12.7 Å². The second-order valence-electron chi connectivity index (χ2n) is 6.24. The molecule has 0 aromatic rings. The van der Waals surface area contributed by atoms with Crippen LogP contribution in [0.3, 0.4) is 0 Å². The summed E-state index contributed by atoms with van der Waals surface area (Å²) in [6, 6.07) is 0.282. The maximum absolute atomic E-state index is 11.4. The zero-order chi connectivity index (χ0) is 15.3. The molecule has 0 radical (unpaired) electrons. The average Bonchev–Trinajstić information content (AvgIpc) is 2.95. The Morgan fingerprint density at radius 3 is 2.43 bits per heavy atom. The number of piperidine rings is 1. The van der Waals surface area contributed by atoms with Gasteiger partial charge in [-0.2, -0.15) is 0 Å². The molecule has 21 heavy (non-hydrogen) atoms. The van der Waals surface area contributed by atoms with E-state index in [1.54, 1.807) is 0 Å². The molecule has 1 unspecified atom stereocenters. The summed E-state index contributed by atoms with van der Waals surface area (Å²) < 4.78 is 30.0. The van der Waals surface area contributed by atoms with Crippen LogP contribution in [0, 0.1) is 0 Å². The van der Waals surface area contributed by atoms with Crippen molar-refractivity contribution in [3.05, 3.63) is 0 Å². The predicted molar refractivity (Wildman–Crippen MR) is 81.7 cm³/mol. The van der Waals surface area contributed by atoms with Crippen LogP contribution in [0.2, 0.25) is 0 Å². The van der Waals surface area contributed by atoms with Gasteiger partial charge in [0, 0.05) is 25.7 Å². The fourth-order valence-corrected chi connectivity index (χ4v) is 3.93. The third-order valence-corrected chi connectivity index (χ3v) is 5.69. The van der Waals surface area contributed by atoms with Crippen molar-refractivity contribution in [2.24, 2.45) is 0 Å². The summed E-state index contributed by atoms with van der Waals surface area (Å²) in [4.78, 5) is 0. The summed E-state index contributed by atoms with van der Waals surface area (Å²) in [7, 11) is -3.06. The van der Waals surface area contributed by atoms with E-state index in [0.29, 0.717) is 32.3 Å². The third kappa shape index (κ3) is 5.83. The van der Waals surface area contributed by atoms with E-state index in [-0.39, 0.29) is 6.04 Å². The molecule has 6 nitrogen and oxygen atoms in total. The number of rotatable bonds is 7. The molecule has 0 aromatic heterocycles. The lowest BCUT2D eigenvalue weighted by Gasteiger charge is -2.31. The Balaban J connectivity index is 1.58. The van der Waals surface area contributed by atoms with Crippen molar-refractivity contribution in [3.8, 4) is 0 Å². The molecule has 1 saturated heterocycles. The monoisotopic (exact) mass is 320 g/mol. The van der Waals surface area contributed by atoms with Crippen LogP contribution in [0.25, 0.3) is 0 Å². The van der Waals surface area contributed by atoms with Crippen molar-refractivity contribution in [1.29, 1.82) is 0 Å². The maximum atomic E-state index is 11.4. The van der Waals surface area contributed by atoms with E-state index in [2.05, 4.69) is 5.32 Å². The summed E-state index contributed by atoms with van der Waals surface area (Å²) in [5.74, 6) is 0. The van der Waals surface area contributed by atoms with Crippen molar-refractivity contribution in [3.63, 3.8) is 0 Å². The topological polar surface area (TPSA) is 78.9 Å². The lowest BCUT2D eigenvalue weighted by molar-refractivity contribution is -0.00666. The van der Waals surface area contributed by atoms with Crippen LogP contribution in [0.4, 0.5) is 0 Å². The zero-order valence-electron chi connectivity index (χ0n) is 12.8. The van der Waals surface area contributed by atoms with Gasteiger partial charge in [-0.15, -0.1) is 0 Å². The molecule has 1 aliphatic carbocycles. The number of nitrogens with one attached hydrogen (secondary N) is 1. The highest BCUT2D eigenvalue weighted by Crippen LogP contribution is 2.21. The van der Waals surface area contributed by atoms with Gasteiger partial charge in [-0.1, -0.05) is 12.8 Å². The van der Waals surface area contributed by atoms with E-state index in [0.717, 1.165) is 25.7 Å². The number of nitrogens with zero attached hydrogens (tertiary/aromatic N) is 1. The first-order valence-electron chi connectivity index (χ1n) is 7.93. The van der Waals surface area contributed by atoms with Crippen molar-refractivity contribution in [2.75, 3.05) is 32.5 Å². The molecule has 2 N–H and O–H groups in total. The normalized spacial score (nSPS) is 24.5.